The minimum absolute atomic E-state index is 0.0584. The number of unbranched alkanes of at least 4 members (excludes halogenated alkanes) is 2. The van der Waals surface area contributed by atoms with Gasteiger partial charge in [-0.05, 0) is 71.2 Å². The van der Waals surface area contributed by atoms with Gasteiger partial charge in [0.1, 0.15) is 5.60 Å². The van der Waals surface area contributed by atoms with Gasteiger partial charge in [-0.2, -0.15) is 0 Å². The Hall–Kier alpha value is -2.57. The van der Waals surface area contributed by atoms with Crippen LogP contribution in [0.4, 0.5) is 10.5 Å². The topological polar surface area (TPSA) is 84.9 Å². The number of hydrogen-bond donors (Lipinski definition) is 1. The molecule has 0 saturated carbocycles. The molecule has 0 atom stereocenters. The zero-order valence-electron chi connectivity index (χ0n) is 19.7. The van der Waals surface area contributed by atoms with E-state index in [2.05, 4.69) is 5.32 Å². The molecule has 0 aliphatic carbocycles. The highest BCUT2D eigenvalue weighted by atomic mass is 16.6. The van der Waals surface area contributed by atoms with E-state index in [-0.39, 0.29) is 17.8 Å². The number of ketones is 1. The van der Waals surface area contributed by atoms with Crippen LogP contribution in [-0.2, 0) is 14.3 Å². The second kappa shape index (κ2) is 13.7. The van der Waals surface area contributed by atoms with Crippen molar-refractivity contribution in [1.29, 1.82) is 0 Å². The van der Waals surface area contributed by atoms with Gasteiger partial charge in [0, 0.05) is 44.2 Å². The van der Waals surface area contributed by atoms with E-state index in [4.69, 9.17) is 9.47 Å². The Morgan fingerprint density at radius 2 is 1.65 bits per heavy atom. The van der Waals surface area contributed by atoms with Crippen LogP contribution in [-0.4, -0.2) is 55.1 Å². The van der Waals surface area contributed by atoms with Gasteiger partial charge in [0.05, 0.1) is 6.61 Å². The number of rotatable bonds is 13. The number of hydrogen-bond acceptors (Lipinski definition) is 6. The minimum Gasteiger partial charge on any atom is -0.466 e. The molecular formula is C24H38N2O5. The van der Waals surface area contributed by atoms with Gasteiger partial charge in [0.25, 0.3) is 0 Å². The molecule has 7 heteroatoms. The Kier molecular flexibility index (Phi) is 11.7. The van der Waals surface area contributed by atoms with E-state index in [9.17, 15) is 14.4 Å². The van der Waals surface area contributed by atoms with Crippen LogP contribution in [0.15, 0.2) is 24.3 Å². The number of carbonyl (C=O) groups is 3. The maximum Gasteiger partial charge on any atom is 0.410 e. The van der Waals surface area contributed by atoms with Gasteiger partial charge >= 0.3 is 12.1 Å². The van der Waals surface area contributed by atoms with E-state index in [0.717, 1.165) is 31.5 Å². The fourth-order valence-corrected chi connectivity index (χ4v) is 2.86. The van der Waals surface area contributed by atoms with Crippen LogP contribution in [0.2, 0.25) is 0 Å². The molecule has 7 nitrogen and oxygen atoms in total. The molecule has 1 amide bonds. The lowest BCUT2D eigenvalue weighted by molar-refractivity contribution is -0.143. The van der Waals surface area contributed by atoms with Crippen LogP contribution < -0.4 is 5.32 Å². The van der Waals surface area contributed by atoms with Gasteiger partial charge < -0.3 is 19.7 Å². The number of carbonyl (C=O) groups excluding carboxylic acids is 3. The highest BCUT2D eigenvalue weighted by molar-refractivity contribution is 5.96. The highest BCUT2D eigenvalue weighted by Crippen LogP contribution is 2.14. The average Bonchev–Trinajstić information content (AvgIpc) is 2.69. The zero-order chi connectivity index (χ0) is 23.3. The van der Waals surface area contributed by atoms with Crippen molar-refractivity contribution in [2.24, 2.45) is 0 Å². The quantitative estimate of drug-likeness (QED) is 0.266. The Morgan fingerprint density at radius 3 is 2.26 bits per heavy atom. The van der Waals surface area contributed by atoms with Crippen LogP contribution in [0, 0.1) is 0 Å². The average molecular weight is 435 g/mol. The Labute approximate surface area is 186 Å². The summed E-state index contributed by atoms with van der Waals surface area (Å²) in [5, 5.41) is 3.33. The fraction of sp³-hybridized carbons (Fsp3) is 0.625. The van der Waals surface area contributed by atoms with E-state index in [1.54, 1.807) is 7.05 Å². The van der Waals surface area contributed by atoms with Crippen molar-refractivity contribution in [3.63, 3.8) is 0 Å². The van der Waals surface area contributed by atoms with E-state index in [1.165, 1.54) is 4.90 Å². The van der Waals surface area contributed by atoms with E-state index >= 15 is 0 Å². The molecule has 0 aliphatic rings. The Morgan fingerprint density at radius 1 is 0.968 bits per heavy atom. The smallest absolute Gasteiger partial charge is 0.410 e. The number of esters is 1. The molecule has 1 aromatic carbocycles. The lowest BCUT2D eigenvalue weighted by atomic mass is 10.1. The lowest BCUT2D eigenvalue weighted by Gasteiger charge is -2.24. The third-order valence-corrected chi connectivity index (χ3v) is 4.50. The predicted molar refractivity (Wildman–Crippen MR) is 122 cm³/mol. The first-order chi connectivity index (χ1) is 14.6. The largest absolute Gasteiger partial charge is 0.466 e. The standard InChI is InChI=1S/C24H38N2O5/c1-6-30-22(28)12-8-7-9-17-25-20-15-13-19(14-16-20)21(27)11-10-18-26(5)23(29)31-24(2,3)4/h13-16,25H,6-12,17-18H2,1-5H3. The number of anilines is 1. The third kappa shape index (κ3) is 12.0. The van der Waals surface area contributed by atoms with Crippen molar-refractivity contribution >= 4 is 23.5 Å². The fourth-order valence-electron chi connectivity index (χ4n) is 2.86. The van der Waals surface area contributed by atoms with Gasteiger partial charge in [-0.15, -0.1) is 0 Å². The Bertz CT molecular complexity index is 695. The predicted octanol–water partition coefficient (Wildman–Crippen LogP) is 5.05. The highest BCUT2D eigenvalue weighted by Gasteiger charge is 2.19. The molecule has 1 aromatic rings. The van der Waals surface area contributed by atoms with Gasteiger partial charge in [0.2, 0.25) is 0 Å². The first kappa shape index (κ1) is 26.5. The van der Waals surface area contributed by atoms with Crippen LogP contribution >= 0.6 is 0 Å². The van der Waals surface area contributed by atoms with Crippen LogP contribution in [0.1, 0.15) is 76.6 Å². The molecule has 0 unspecified atom stereocenters. The molecule has 0 spiro atoms. The first-order valence-electron chi connectivity index (χ1n) is 11.1. The maximum absolute atomic E-state index is 12.4. The van der Waals surface area contributed by atoms with E-state index < -0.39 is 5.60 Å². The van der Waals surface area contributed by atoms with Crippen molar-refractivity contribution in [3.05, 3.63) is 29.8 Å². The maximum atomic E-state index is 12.4. The number of nitrogens with one attached hydrogen (secondary N) is 1. The summed E-state index contributed by atoms with van der Waals surface area (Å²) in [6.07, 6.45) is 3.80. The van der Waals surface area contributed by atoms with Crippen LogP contribution in [0.3, 0.4) is 0 Å². The van der Waals surface area contributed by atoms with Gasteiger partial charge in [0.15, 0.2) is 5.78 Å². The summed E-state index contributed by atoms with van der Waals surface area (Å²) in [5.74, 6) is -0.0738. The molecule has 1 rings (SSSR count). The summed E-state index contributed by atoms with van der Waals surface area (Å²) in [7, 11) is 1.68. The summed E-state index contributed by atoms with van der Waals surface area (Å²) in [6.45, 7) is 9.00. The number of amides is 1. The molecule has 0 saturated heterocycles. The molecule has 31 heavy (non-hydrogen) atoms. The monoisotopic (exact) mass is 434 g/mol. The van der Waals surface area contributed by atoms with Crippen molar-refractivity contribution in [1.82, 2.24) is 4.90 Å². The number of benzene rings is 1. The van der Waals surface area contributed by atoms with Crippen molar-refractivity contribution in [3.8, 4) is 0 Å². The summed E-state index contributed by atoms with van der Waals surface area (Å²) in [5.41, 5.74) is 1.10. The van der Waals surface area contributed by atoms with Crippen molar-refractivity contribution < 1.29 is 23.9 Å². The number of ether oxygens (including phenoxy) is 2. The molecule has 174 valence electrons. The van der Waals surface area contributed by atoms with Gasteiger partial charge in [-0.25, -0.2) is 4.79 Å². The van der Waals surface area contributed by atoms with Crippen LogP contribution in [0.5, 0.6) is 0 Å². The molecule has 0 heterocycles. The third-order valence-electron chi connectivity index (χ3n) is 4.50. The normalized spacial score (nSPS) is 11.0. The van der Waals surface area contributed by atoms with Crippen molar-refractivity contribution in [2.75, 3.05) is 32.1 Å². The first-order valence-corrected chi connectivity index (χ1v) is 11.1. The second-order valence-corrected chi connectivity index (χ2v) is 8.55. The second-order valence-electron chi connectivity index (χ2n) is 8.55. The number of nitrogens with zero attached hydrogens (tertiary/aromatic N) is 1. The summed E-state index contributed by atoms with van der Waals surface area (Å²) in [6, 6.07) is 7.45. The summed E-state index contributed by atoms with van der Waals surface area (Å²) < 4.78 is 10.2. The molecule has 1 N–H and O–H groups in total. The molecular weight excluding hydrogens is 396 g/mol. The van der Waals surface area contributed by atoms with Crippen molar-refractivity contribution in [2.45, 2.75) is 71.8 Å². The minimum atomic E-state index is -0.528. The van der Waals surface area contributed by atoms with E-state index in [0.29, 0.717) is 38.0 Å². The lowest BCUT2D eigenvalue weighted by Crippen LogP contribution is -2.34. The van der Waals surface area contributed by atoms with Crippen LogP contribution in [0.25, 0.3) is 0 Å². The molecule has 0 bridgehead atoms. The number of Topliss-reactive ketones (excluding diaryl/α,β-unsaturated/α-hetero) is 1. The molecule has 0 aromatic heterocycles. The molecule has 0 aliphatic heterocycles. The molecule has 0 fully saturated rings. The van der Waals surface area contributed by atoms with E-state index in [1.807, 2.05) is 52.0 Å². The van der Waals surface area contributed by atoms with Gasteiger partial charge in [-0.3, -0.25) is 9.59 Å². The van der Waals surface area contributed by atoms with Gasteiger partial charge in [-0.1, -0.05) is 6.42 Å². The molecule has 0 radical (unpaired) electrons. The Balaban J connectivity index is 2.26. The zero-order valence-corrected chi connectivity index (χ0v) is 19.7. The summed E-state index contributed by atoms with van der Waals surface area (Å²) >= 11 is 0. The SMILES string of the molecule is CCOC(=O)CCCCCNc1ccc(C(=O)CCCN(C)C(=O)OC(C)(C)C)cc1. The summed E-state index contributed by atoms with van der Waals surface area (Å²) in [4.78, 5) is 37.1.